The van der Waals surface area contributed by atoms with Crippen molar-refractivity contribution in [2.24, 2.45) is 0 Å². The van der Waals surface area contributed by atoms with E-state index in [-0.39, 0.29) is 18.3 Å². The van der Waals surface area contributed by atoms with Gasteiger partial charge in [0.25, 0.3) is 0 Å². The number of pyridine rings is 1. The molecule has 0 aliphatic carbocycles. The van der Waals surface area contributed by atoms with Crippen molar-refractivity contribution in [3.8, 4) is 5.88 Å². The van der Waals surface area contributed by atoms with Crippen LogP contribution in [0.5, 0.6) is 5.88 Å². The second-order valence-corrected chi connectivity index (χ2v) is 5.67. The summed E-state index contributed by atoms with van der Waals surface area (Å²) >= 11 is 0. The van der Waals surface area contributed by atoms with E-state index in [9.17, 15) is 13.2 Å². The Labute approximate surface area is 132 Å². The van der Waals surface area contributed by atoms with Crippen molar-refractivity contribution in [1.29, 1.82) is 0 Å². The van der Waals surface area contributed by atoms with E-state index in [0.717, 1.165) is 44.7 Å². The van der Waals surface area contributed by atoms with Gasteiger partial charge in [0.1, 0.15) is 6.10 Å². The zero-order valence-electron chi connectivity index (χ0n) is 12.6. The Morgan fingerprint density at radius 2 is 2.04 bits per heavy atom. The first-order valence-corrected chi connectivity index (χ1v) is 7.66. The molecule has 0 saturated carbocycles. The summed E-state index contributed by atoms with van der Waals surface area (Å²) in [6, 6.07) is 2.26. The molecule has 5 nitrogen and oxygen atoms in total. The molecule has 2 aliphatic heterocycles. The molecule has 0 unspecified atom stereocenters. The fourth-order valence-corrected chi connectivity index (χ4v) is 2.75. The molecule has 0 spiro atoms. The molecule has 2 fully saturated rings. The smallest absolute Gasteiger partial charge is 0.417 e. The second kappa shape index (κ2) is 7.02. The maximum Gasteiger partial charge on any atom is 0.417 e. The van der Waals surface area contributed by atoms with E-state index in [2.05, 4.69) is 9.88 Å². The predicted molar refractivity (Wildman–Crippen MR) is 75.0 cm³/mol. The van der Waals surface area contributed by atoms with Crippen molar-refractivity contribution in [2.75, 3.05) is 32.8 Å². The average Bonchev–Trinajstić information content (AvgIpc) is 3.16. The normalized spacial score (nSPS) is 23.5. The molecule has 1 aromatic heterocycles. The lowest BCUT2D eigenvalue weighted by Crippen LogP contribution is -2.28. The summed E-state index contributed by atoms with van der Waals surface area (Å²) in [6.45, 7) is 3.77. The number of hydrogen-bond acceptors (Lipinski definition) is 5. The molecular weight excluding hydrogens is 313 g/mol. The van der Waals surface area contributed by atoms with Crippen LogP contribution in [-0.2, 0) is 15.7 Å². The van der Waals surface area contributed by atoms with Crippen LogP contribution >= 0.6 is 0 Å². The topological polar surface area (TPSA) is 43.8 Å². The highest BCUT2D eigenvalue weighted by molar-refractivity contribution is 5.20. The van der Waals surface area contributed by atoms with Crippen LogP contribution in [0.15, 0.2) is 18.3 Å². The molecule has 128 valence electrons. The molecule has 23 heavy (non-hydrogen) atoms. The van der Waals surface area contributed by atoms with Crippen molar-refractivity contribution < 1.29 is 27.4 Å². The van der Waals surface area contributed by atoms with Gasteiger partial charge in [0.2, 0.25) is 5.88 Å². The van der Waals surface area contributed by atoms with Crippen LogP contribution in [0.25, 0.3) is 0 Å². The van der Waals surface area contributed by atoms with Gasteiger partial charge >= 0.3 is 6.18 Å². The molecule has 0 radical (unpaired) electrons. The maximum atomic E-state index is 12.5. The molecule has 3 rings (SSSR count). The molecule has 1 aromatic rings. The first kappa shape index (κ1) is 16.5. The van der Waals surface area contributed by atoms with E-state index >= 15 is 0 Å². The Morgan fingerprint density at radius 1 is 1.26 bits per heavy atom. The van der Waals surface area contributed by atoms with E-state index in [0.29, 0.717) is 13.2 Å². The quantitative estimate of drug-likeness (QED) is 0.828. The third-order valence-corrected chi connectivity index (χ3v) is 3.95. The summed E-state index contributed by atoms with van der Waals surface area (Å²) in [5.41, 5.74) is -0.769. The van der Waals surface area contributed by atoms with Crippen LogP contribution in [0.1, 0.15) is 18.4 Å². The van der Waals surface area contributed by atoms with Gasteiger partial charge < -0.3 is 14.2 Å². The first-order valence-electron chi connectivity index (χ1n) is 7.66. The SMILES string of the molecule is FC(F)(F)c1ccc(O[C@@H]2CCN(CCC3OCCO3)C2)nc1. The van der Waals surface area contributed by atoms with Crippen LogP contribution in [0, 0.1) is 0 Å². The Hall–Kier alpha value is -1.38. The minimum atomic E-state index is -4.37. The molecule has 8 heteroatoms. The van der Waals surface area contributed by atoms with Gasteiger partial charge in [0, 0.05) is 38.3 Å². The highest BCUT2D eigenvalue weighted by Gasteiger charge is 2.31. The molecule has 2 saturated heterocycles. The average molecular weight is 332 g/mol. The van der Waals surface area contributed by atoms with Gasteiger partial charge in [-0.1, -0.05) is 0 Å². The fraction of sp³-hybridized carbons (Fsp3) is 0.667. The van der Waals surface area contributed by atoms with E-state index in [1.807, 2.05) is 0 Å². The third kappa shape index (κ3) is 4.55. The summed E-state index contributed by atoms with van der Waals surface area (Å²) in [5, 5.41) is 0. The number of alkyl halides is 3. The van der Waals surface area contributed by atoms with E-state index in [1.165, 1.54) is 6.07 Å². The minimum absolute atomic E-state index is 0.0512. The van der Waals surface area contributed by atoms with Crippen molar-refractivity contribution in [3.05, 3.63) is 23.9 Å². The number of likely N-dealkylation sites (tertiary alicyclic amines) is 1. The molecule has 0 amide bonds. The molecule has 0 bridgehead atoms. The van der Waals surface area contributed by atoms with E-state index in [1.54, 1.807) is 0 Å². The Kier molecular flexibility index (Phi) is 5.03. The zero-order valence-corrected chi connectivity index (χ0v) is 12.6. The van der Waals surface area contributed by atoms with Crippen molar-refractivity contribution >= 4 is 0 Å². The van der Waals surface area contributed by atoms with Gasteiger partial charge in [-0.05, 0) is 12.5 Å². The van der Waals surface area contributed by atoms with E-state index < -0.39 is 11.7 Å². The van der Waals surface area contributed by atoms with Gasteiger partial charge in [0.15, 0.2) is 6.29 Å². The lowest BCUT2D eigenvalue weighted by molar-refractivity contribution is -0.137. The lowest BCUT2D eigenvalue weighted by Gasteiger charge is -2.18. The third-order valence-electron chi connectivity index (χ3n) is 3.95. The summed E-state index contributed by atoms with van der Waals surface area (Å²) in [5.74, 6) is 0.229. The monoisotopic (exact) mass is 332 g/mol. The maximum absolute atomic E-state index is 12.5. The highest BCUT2D eigenvalue weighted by atomic mass is 19.4. The number of hydrogen-bond donors (Lipinski definition) is 0. The lowest BCUT2D eigenvalue weighted by atomic mass is 10.3. The van der Waals surface area contributed by atoms with Crippen molar-refractivity contribution in [2.45, 2.75) is 31.4 Å². The first-order chi connectivity index (χ1) is 11.0. The molecule has 2 aliphatic rings. The highest BCUT2D eigenvalue weighted by Crippen LogP contribution is 2.29. The molecule has 0 N–H and O–H groups in total. The van der Waals surface area contributed by atoms with Crippen molar-refractivity contribution in [1.82, 2.24) is 9.88 Å². The molecule has 1 atom stereocenters. The summed E-state index contributed by atoms with van der Waals surface area (Å²) < 4.78 is 53.9. The Morgan fingerprint density at radius 3 is 2.70 bits per heavy atom. The van der Waals surface area contributed by atoms with Crippen LogP contribution in [-0.4, -0.2) is 55.1 Å². The van der Waals surface area contributed by atoms with Gasteiger partial charge in [-0.25, -0.2) is 4.98 Å². The number of halogens is 3. The minimum Gasteiger partial charge on any atom is -0.473 e. The Balaban J connectivity index is 1.44. The summed E-state index contributed by atoms with van der Waals surface area (Å²) in [7, 11) is 0. The van der Waals surface area contributed by atoms with Gasteiger partial charge in [-0.2, -0.15) is 13.2 Å². The fourth-order valence-electron chi connectivity index (χ4n) is 2.75. The largest absolute Gasteiger partial charge is 0.473 e. The van der Waals surface area contributed by atoms with Gasteiger partial charge in [0.05, 0.1) is 18.8 Å². The summed E-state index contributed by atoms with van der Waals surface area (Å²) in [6.07, 6.45) is -2.10. The number of nitrogens with zero attached hydrogens (tertiary/aromatic N) is 2. The molecule has 0 aromatic carbocycles. The number of aromatic nitrogens is 1. The van der Waals surface area contributed by atoms with Crippen LogP contribution in [0.3, 0.4) is 0 Å². The van der Waals surface area contributed by atoms with Crippen LogP contribution in [0.4, 0.5) is 13.2 Å². The zero-order chi connectivity index (χ0) is 16.3. The Bertz CT molecular complexity index is 504. The molecule has 3 heterocycles. The summed E-state index contributed by atoms with van der Waals surface area (Å²) in [4.78, 5) is 5.98. The second-order valence-electron chi connectivity index (χ2n) is 5.67. The van der Waals surface area contributed by atoms with Crippen molar-refractivity contribution in [3.63, 3.8) is 0 Å². The molecular formula is C15H19F3N2O3. The van der Waals surface area contributed by atoms with E-state index in [4.69, 9.17) is 14.2 Å². The van der Waals surface area contributed by atoms with Crippen LogP contribution in [0.2, 0.25) is 0 Å². The predicted octanol–water partition coefficient (Wildman–Crippen LogP) is 2.32. The van der Waals surface area contributed by atoms with Gasteiger partial charge in [-0.3, -0.25) is 4.90 Å². The number of rotatable bonds is 5. The standard InChI is InChI=1S/C15H19F3N2O3/c16-15(17,18)11-1-2-13(19-9-11)23-12-3-5-20(10-12)6-4-14-21-7-8-22-14/h1-2,9,12,14H,3-8,10H2/t12-/m1/s1. The van der Waals surface area contributed by atoms with Crippen LogP contribution < -0.4 is 4.74 Å². The van der Waals surface area contributed by atoms with Gasteiger partial charge in [-0.15, -0.1) is 0 Å². The number of ether oxygens (including phenoxy) is 3.